The van der Waals surface area contributed by atoms with E-state index in [0.29, 0.717) is 5.56 Å². The summed E-state index contributed by atoms with van der Waals surface area (Å²) in [5.74, 6) is 0. The number of aliphatic hydroxyl groups is 2. The molecule has 0 aliphatic carbocycles. The molecule has 29 heavy (non-hydrogen) atoms. The summed E-state index contributed by atoms with van der Waals surface area (Å²) in [5, 5.41) is 35.0. The lowest BCUT2D eigenvalue weighted by Crippen LogP contribution is -2.17. The number of hydrogen-bond donors (Lipinski definition) is 2. The van der Waals surface area contributed by atoms with Gasteiger partial charge < -0.3 is 10.2 Å². The van der Waals surface area contributed by atoms with E-state index in [2.05, 4.69) is 10.00 Å². The maximum Gasteiger partial charge on any atom is 0.573 e. The molecule has 1 aromatic rings. The molecule has 0 bridgehead atoms. The minimum absolute atomic E-state index is 0.0849. The van der Waals surface area contributed by atoms with Gasteiger partial charge in [-0.3, -0.25) is 10.1 Å². The van der Waals surface area contributed by atoms with Crippen molar-refractivity contribution in [2.45, 2.75) is 78.6 Å². The van der Waals surface area contributed by atoms with E-state index in [-0.39, 0.29) is 30.4 Å². The fraction of sp³-hybridized carbons (Fsp3) is 0.667. The number of rotatable bonds is 12. The summed E-state index contributed by atoms with van der Waals surface area (Å²) in [6.07, 6.45) is -3.33. The van der Waals surface area contributed by atoms with Crippen LogP contribution in [0.4, 0.5) is 5.69 Å². The predicted molar refractivity (Wildman–Crippen MR) is 109 cm³/mol. The molecule has 0 heterocycles. The molecule has 2 atom stereocenters. The molecule has 1 rings (SSSR count). The number of nitro benzene ring substituents is 1. The van der Waals surface area contributed by atoms with Gasteiger partial charge in [-0.05, 0) is 59.2 Å². The van der Waals surface area contributed by atoms with Crippen LogP contribution < -0.4 is 0 Å². The quantitative estimate of drug-likeness (QED) is 0.211. The van der Waals surface area contributed by atoms with Crippen molar-refractivity contribution < 1.29 is 28.7 Å². The maximum atomic E-state index is 10.7. The molecule has 0 saturated carbocycles. The van der Waals surface area contributed by atoms with Crippen molar-refractivity contribution in [3.05, 3.63) is 39.9 Å². The number of benzene rings is 1. The molecule has 164 valence electrons. The lowest BCUT2D eigenvalue weighted by Gasteiger charge is -2.21. The van der Waals surface area contributed by atoms with Crippen LogP contribution in [0.1, 0.15) is 59.6 Å². The fourth-order valence-corrected chi connectivity index (χ4v) is 4.38. The van der Waals surface area contributed by atoms with Gasteiger partial charge in [0.25, 0.3) is 5.69 Å². The molecule has 1 aromatic carbocycles. The van der Waals surface area contributed by atoms with Crippen LogP contribution in [0, 0.1) is 10.1 Å². The number of non-ortho nitro benzene ring substituents is 1. The minimum atomic E-state index is -3.21. The first-order valence-corrected chi connectivity index (χ1v) is 10.9. The van der Waals surface area contributed by atoms with Crippen LogP contribution in [0.15, 0.2) is 34.3 Å². The van der Waals surface area contributed by atoms with E-state index < -0.39 is 25.3 Å². The molecule has 0 fully saturated rings. The smallest absolute Gasteiger partial charge is 0.388 e. The Morgan fingerprint density at radius 1 is 0.966 bits per heavy atom. The van der Waals surface area contributed by atoms with E-state index in [1.54, 1.807) is 0 Å². The molecule has 0 aromatic heterocycles. The highest BCUT2D eigenvalue weighted by atomic mass is 31.2. The van der Waals surface area contributed by atoms with Crippen LogP contribution in [0.2, 0.25) is 0 Å². The topological polar surface area (TPSA) is 136 Å². The Balaban J connectivity index is 2.91. The largest absolute Gasteiger partial charge is 0.573 e. The Labute approximate surface area is 171 Å². The minimum Gasteiger partial charge on any atom is -0.388 e. The van der Waals surface area contributed by atoms with E-state index in [0.717, 1.165) is 0 Å². The summed E-state index contributed by atoms with van der Waals surface area (Å²) in [6, 6.07) is 5.42. The summed E-state index contributed by atoms with van der Waals surface area (Å²) < 4.78 is 17.4. The first kappa shape index (κ1) is 25.5. The predicted octanol–water partition coefficient (Wildman–Crippen LogP) is 4.74. The van der Waals surface area contributed by atoms with Gasteiger partial charge in [0.05, 0.1) is 15.9 Å². The van der Waals surface area contributed by atoms with Crippen molar-refractivity contribution in [3.63, 3.8) is 0 Å². The molecular formula is C18H31N3O7P+. The second kappa shape index (κ2) is 11.6. The van der Waals surface area contributed by atoms with Crippen molar-refractivity contribution >= 4 is 13.8 Å². The Kier molecular flexibility index (Phi) is 10.2. The average molecular weight is 432 g/mol. The molecular weight excluding hydrogens is 401 g/mol. The van der Waals surface area contributed by atoms with Crippen LogP contribution >= 0.6 is 8.09 Å². The van der Waals surface area contributed by atoms with Crippen LogP contribution in [-0.4, -0.2) is 39.7 Å². The lowest BCUT2D eigenvalue weighted by molar-refractivity contribution is -0.384. The van der Waals surface area contributed by atoms with Crippen LogP contribution in [-0.2, 0) is 13.6 Å². The second-order valence-electron chi connectivity index (χ2n) is 7.22. The van der Waals surface area contributed by atoms with Gasteiger partial charge >= 0.3 is 8.09 Å². The summed E-state index contributed by atoms with van der Waals surface area (Å²) >= 11 is 0. The number of nitro groups is 1. The van der Waals surface area contributed by atoms with Gasteiger partial charge in [-0.15, -0.1) is 5.11 Å². The SMILES string of the molecule is CC(C)O[P+](N=NC(O)CC(O)c1ccc([N+](=O)[O-])cc1)(OC(C)C)OC(C)C. The third kappa shape index (κ3) is 9.20. The van der Waals surface area contributed by atoms with E-state index in [1.165, 1.54) is 24.3 Å². The number of hydrogen-bond acceptors (Lipinski definition) is 9. The van der Waals surface area contributed by atoms with E-state index in [9.17, 15) is 20.3 Å². The average Bonchev–Trinajstić information content (AvgIpc) is 2.58. The first-order chi connectivity index (χ1) is 13.4. The van der Waals surface area contributed by atoms with Gasteiger partial charge in [0.15, 0.2) is 6.23 Å². The highest BCUT2D eigenvalue weighted by molar-refractivity contribution is 7.60. The maximum absolute atomic E-state index is 10.7. The third-order valence-corrected chi connectivity index (χ3v) is 5.64. The lowest BCUT2D eigenvalue weighted by atomic mass is 10.1. The van der Waals surface area contributed by atoms with Gasteiger partial charge in [0, 0.05) is 18.6 Å². The summed E-state index contributed by atoms with van der Waals surface area (Å²) in [7, 11) is -3.21. The molecule has 2 unspecified atom stereocenters. The molecule has 10 nitrogen and oxygen atoms in total. The first-order valence-electron chi connectivity index (χ1n) is 9.41. The van der Waals surface area contributed by atoms with Crippen molar-refractivity contribution in [3.8, 4) is 0 Å². The molecule has 0 radical (unpaired) electrons. The van der Waals surface area contributed by atoms with E-state index in [4.69, 9.17) is 13.6 Å². The third-order valence-electron chi connectivity index (χ3n) is 3.25. The van der Waals surface area contributed by atoms with Crippen molar-refractivity contribution in [2.24, 2.45) is 10.00 Å². The Hall–Kier alpha value is -1.55. The monoisotopic (exact) mass is 432 g/mol. The molecule has 2 N–H and O–H groups in total. The molecule has 11 heteroatoms. The van der Waals surface area contributed by atoms with Crippen molar-refractivity contribution in [2.75, 3.05) is 0 Å². The van der Waals surface area contributed by atoms with Crippen molar-refractivity contribution in [1.29, 1.82) is 0 Å². The summed E-state index contributed by atoms with van der Waals surface area (Å²) in [6.45, 7) is 10.9. The molecule has 0 aliphatic rings. The molecule has 0 saturated heterocycles. The van der Waals surface area contributed by atoms with Gasteiger partial charge in [0.2, 0.25) is 0 Å². The normalized spacial score (nSPS) is 14.9. The Morgan fingerprint density at radius 3 is 1.79 bits per heavy atom. The zero-order chi connectivity index (χ0) is 22.2. The number of aliphatic hydroxyl groups excluding tert-OH is 2. The molecule has 0 aliphatic heterocycles. The van der Waals surface area contributed by atoms with E-state index in [1.807, 2.05) is 41.5 Å². The number of nitrogens with zero attached hydrogens (tertiary/aromatic N) is 3. The fourth-order valence-electron chi connectivity index (χ4n) is 2.26. The van der Waals surface area contributed by atoms with E-state index >= 15 is 0 Å². The summed E-state index contributed by atoms with van der Waals surface area (Å²) in [5.41, 5.74) is 0.333. The van der Waals surface area contributed by atoms with Gasteiger partial charge in [0.1, 0.15) is 18.3 Å². The second-order valence-corrected chi connectivity index (χ2v) is 8.97. The molecule has 0 amide bonds. The summed E-state index contributed by atoms with van der Waals surface area (Å²) in [4.78, 5) is 14.3. The van der Waals surface area contributed by atoms with Crippen LogP contribution in [0.25, 0.3) is 0 Å². The standard InChI is InChI=1S/C18H31N3O7P/c1-12(2)26-29(27-13(3)4,28-14(5)6)20-19-18(23)11-17(22)15-7-9-16(10-8-15)21(24)25/h7-10,12-14,17-18,22-23H,11H2,1-6H3/q+1. The van der Waals surface area contributed by atoms with Gasteiger partial charge in [-0.1, -0.05) is 0 Å². The zero-order valence-electron chi connectivity index (χ0n) is 17.6. The Bertz CT molecular complexity index is 641. The highest BCUT2D eigenvalue weighted by Gasteiger charge is 2.51. The zero-order valence-corrected chi connectivity index (χ0v) is 18.5. The van der Waals surface area contributed by atoms with Crippen LogP contribution in [0.5, 0.6) is 0 Å². The van der Waals surface area contributed by atoms with Gasteiger partial charge in [-0.2, -0.15) is 13.6 Å². The van der Waals surface area contributed by atoms with Gasteiger partial charge in [-0.25, -0.2) is 0 Å². The molecule has 0 spiro atoms. The highest BCUT2D eigenvalue weighted by Crippen LogP contribution is 2.66. The van der Waals surface area contributed by atoms with Crippen LogP contribution in [0.3, 0.4) is 0 Å². The van der Waals surface area contributed by atoms with Crippen molar-refractivity contribution in [1.82, 2.24) is 0 Å². The Morgan fingerprint density at radius 2 is 1.41 bits per heavy atom.